The highest BCUT2D eigenvalue weighted by Crippen LogP contribution is 2.34. The van der Waals surface area contributed by atoms with Crippen LogP contribution in [0.4, 0.5) is 11.4 Å². The minimum Gasteiger partial charge on any atom is -0.494 e. The van der Waals surface area contributed by atoms with Crippen LogP contribution in [0.3, 0.4) is 0 Å². The summed E-state index contributed by atoms with van der Waals surface area (Å²) in [6.07, 6.45) is 3.92. The number of nitrogens with zero attached hydrogens (tertiary/aromatic N) is 4. The molecule has 3 aromatic rings. The molecule has 1 aromatic heterocycles. The van der Waals surface area contributed by atoms with Crippen LogP contribution in [0, 0.1) is 0 Å². The second kappa shape index (κ2) is 9.36. The third-order valence-corrected chi connectivity index (χ3v) is 6.14. The van der Waals surface area contributed by atoms with E-state index in [1.165, 1.54) is 11.8 Å². The number of benzene rings is 2. The van der Waals surface area contributed by atoms with Crippen LogP contribution in [0.2, 0.25) is 0 Å². The second-order valence-corrected chi connectivity index (χ2v) is 8.52. The van der Waals surface area contributed by atoms with Crippen LogP contribution in [-0.4, -0.2) is 48.3 Å². The molecule has 1 saturated heterocycles. The van der Waals surface area contributed by atoms with Gasteiger partial charge in [0.2, 0.25) is 0 Å². The molecule has 6 nitrogen and oxygen atoms in total. The number of hydrogen-bond acceptors (Lipinski definition) is 5. The summed E-state index contributed by atoms with van der Waals surface area (Å²) in [5.41, 5.74) is 3.90. The number of amidine groups is 1. The van der Waals surface area contributed by atoms with Gasteiger partial charge >= 0.3 is 0 Å². The molecule has 1 fully saturated rings. The van der Waals surface area contributed by atoms with Gasteiger partial charge in [0.15, 0.2) is 5.17 Å². The number of amides is 1. The van der Waals surface area contributed by atoms with Gasteiger partial charge in [0.05, 0.1) is 17.2 Å². The molecule has 164 valence electrons. The first-order valence-electron chi connectivity index (χ1n) is 10.4. The number of anilines is 1. The number of carbonyl (C=O) groups excluding carboxylic acids is 1. The van der Waals surface area contributed by atoms with Crippen molar-refractivity contribution in [2.75, 3.05) is 32.6 Å². The molecule has 0 atom stereocenters. The summed E-state index contributed by atoms with van der Waals surface area (Å²) in [6.45, 7) is 2.57. The largest absolute Gasteiger partial charge is 0.494 e. The molecule has 1 aliphatic heterocycles. The van der Waals surface area contributed by atoms with E-state index in [-0.39, 0.29) is 5.91 Å². The number of rotatable bonds is 6. The van der Waals surface area contributed by atoms with Crippen molar-refractivity contribution in [1.82, 2.24) is 9.47 Å². The molecule has 0 unspecified atom stereocenters. The van der Waals surface area contributed by atoms with Gasteiger partial charge in [0.25, 0.3) is 5.91 Å². The van der Waals surface area contributed by atoms with E-state index in [0.717, 1.165) is 28.5 Å². The summed E-state index contributed by atoms with van der Waals surface area (Å²) in [5.74, 6) is 0.746. The molecule has 32 heavy (non-hydrogen) atoms. The fourth-order valence-electron chi connectivity index (χ4n) is 3.34. The molecule has 0 bridgehead atoms. The Morgan fingerprint density at radius 3 is 2.44 bits per heavy atom. The van der Waals surface area contributed by atoms with Gasteiger partial charge in [0.1, 0.15) is 5.75 Å². The Balaban J connectivity index is 1.58. The minimum absolute atomic E-state index is 0.0598. The summed E-state index contributed by atoms with van der Waals surface area (Å²) in [4.78, 5) is 21.8. The van der Waals surface area contributed by atoms with Crippen molar-refractivity contribution in [3.8, 4) is 11.4 Å². The van der Waals surface area contributed by atoms with Crippen molar-refractivity contribution in [3.05, 3.63) is 77.5 Å². The summed E-state index contributed by atoms with van der Waals surface area (Å²) < 4.78 is 7.55. The maximum absolute atomic E-state index is 12.9. The fraction of sp³-hybridized carbons (Fsp3) is 0.200. The summed E-state index contributed by atoms with van der Waals surface area (Å²) in [5, 5.41) is 0.652. The summed E-state index contributed by atoms with van der Waals surface area (Å²) >= 11 is 1.38. The quantitative estimate of drug-likeness (QED) is 0.490. The zero-order valence-corrected chi connectivity index (χ0v) is 19.5. The molecular formula is C25H26N4O2S. The van der Waals surface area contributed by atoms with E-state index in [4.69, 9.17) is 4.74 Å². The van der Waals surface area contributed by atoms with Gasteiger partial charge in [-0.25, -0.2) is 4.99 Å². The Morgan fingerprint density at radius 2 is 1.78 bits per heavy atom. The molecule has 0 saturated carbocycles. The van der Waals surface area contributed by atoms with E-state index in [0.29, 0.717) is 16.7 Å². The number of carbonyl (C=O) groups is 1. The third-order valence-electron chi connectivity index (χ3n) is 5.08. The average molecular weight is 447 g/mol. The highest BCUT2D eigenvalue weighted by molar-refractivity contribution is 8.18. The predicted molar refractivity (Wildman–Crippen MR) is 133 cm³/mol. The van der Waals surface area contributed by atoms with Crippen molar-refractivity contribution in [3.63, 3.8) is 0 Å². The molecule has 2 aromatic carbocycles. The van der Waals surface area contributed by atoms with E-state index in [9.17, 15) is 4.79 Å². The molecule has 1 aliphatic rings. The van der Waals surface area contributed by atoms with Crippen LogP contribution in [0.25, 0.3) is 11.8 Å². The molecular weight excluding hydrogens is 420 g/mol. The van der Waals surface area contributed by atoms with Crippen molar-refractivity contribution < 1.29 is 9.53 Å². The molecule has 1 amide bonds. The molecule has 0 aliphatic carbocycles. The molecule has 7 heteroatoms. The average Bonchev–Trinajstić information content (AvgIpc) is 3.36. The summed E-state index contributed by atoms with van der Waals surface area (Å²) in [6, 6.07) is 19.8. The Labute approximate surface area is 192 Å². The van der Waals surface area contributed by atoms with Gasteiger partial charge in [-0.2, -0.15) is 0 Å². The monoisotopic (exact) mass is 446 g/mol. The maximum Gasteiger partial charge on any atom is 0.266 e. The zero-order valence-electron chi connectivity index (χ0n) is 18.6. The lowest BCUT2D eigenvalue weighted by atomic mass is 10.2. The molecule has 0 radical (unpaired) electrons. The van der Waals surface area contributed by atoms with E-state index in [1.807, 2.05) is 69.7 Å². The van der Waals surface area contributed by atoms with Gasteiger partial charge in [-0.05, 0) is 85.4 Å². The smallest absolute Gasteiger partial charge is 0.266 e. The third kappa shape index (κ3) is 4.57. The topological polar surface area (TPSA) is 50.1 Å². The zero-order chi connectivity index (χ0) is 22.7. The van der Waals surface area contributed by atoms with Crippen LogP contribution in [-0.2, 0) is 4.79 Å². The predicted octanol–water partition coefficient (Wildman–Crippen LogP) is 5.18. The van der Waals surface area contributed by atoms with Crippen molar-refractivity contribution in [2.45, 2.75) is 6.92 Å². The van der Waals surface area contributed by atoms with E-state index in [1.54, 1.807) is 11.9 Å². The van der Waals surface area contributed by atoms with Gasteiger partial charge in [-0.3, -0.25) is 9.69 Å². The van der Waals surface area contributed by atoms with Crippen LogP contribution >= 0.6 is 11.8 Å². The minimum atomic E-state index is -0.0598. The van der Waals surface area contributed by atoms with Crippen LogP contribution < -0.4 is 9.64 Å². The Kier molecular flexibility index (Phi) is 6.37. The van der Waals surface area contributed by atoms with Gasteiger partial charge < -0.3 is 14.2 Å². The number of aromatic nitrogens is 1. The molecule has 2 heterocycles. The first-order chi connectivity index (χ1) is 15.5. The highest BCUT2D eigenvalue weighted by Gasteiger charge is 2.30. The highest BCUT2D eigenvalue weighted by atomic mass is 32.2. The normalized spacial score (nSPS) is 16.2. The van der Waals surface area contributed by atoms with Gasteiger partial charge in [-0.1, -0.05) is 0 Å². The van der Waals surface area contributed by atoms with Crippen molar-refractivity contribution in [2.24, 2.45) is 4.99 Å². The number of ether oxygens (including phenoxy) is 1. The van der Waals surface area contributed by atoms with Gasteiger partial charge in [-0.15, -0.1) is 0 Å². The van der Waals surface area contributed by atoms with Crippen molar-refractivity contribution >= 4 is 40.3 Å². The SMILES string of the molecule is CCOc1ccc(N=C2S/C(=C\c3cccn3-c3ccc(N(C)C)cc3)C(=O)N2C)cc1. The second-order valence-electron chi connectivity index (χ2n) is 7.51. The van der Waals surface area contributed by atoms with E-state index < -0.39 is 0 Å². The Hall–Kier alpha value is -3.45. The van der Waals surface area contributed by atoms with E-state index >= 15 is 0 Å². The Morgan fingerprint density at radius 1 is 1.06 bits per heavy atom. The maximum atomic E-state index is 12.9. The number of thioether (sulfide) groups is 1. The Bertz CT molecular complexity index is 1160. The first-order valence-corrected chi connectivity index (χ1v) is 11.2. The number of aliphatic imine (C=N–C) groups is 1. The molecule has 0 spiro atoms. The lowest BCUT2D eigenvalue weighted by molar-refractivity contribution is -0.121. The lowest BCUT2D eigenvalue weighted by Crippen LogP contribution is -2.23. The molecule has 4 rings (SSSR count). The van der Waals surface area contributed by atoms with Crippen molar-refractivity contribution in [1.29, 1.82) is 0 Å². The standard InChI is InChI=1S/C25H26N4O2S/c1-5-31-22-14-8-18(9-15-22)26-25-28(4)24(30)23(32-25)17-21-7-6-16-29(21)20-12-10-19(11-13-20)27(2)3/h6-17H,5H2,1-4H3/b23-17-,26-25?. The summed E-state index contributed by atoms with van der Waals surface area (Å²) in [7, 11) is 5.79. The molecule has 0 N–H and O–H groups in total. The van der Waals surface area contributed by atoms with Gasteiger partial charge in [0, 0.05) is 44.4 Å². The van der Waals surface area contributed by atoms with Crippen LogP contribution in [0.15, 0.2) is 76.8 Å². The first kappa shape index (κ1) is 21.8. The van der Waals surface area contributed by atoms with Crippen LogP contribution in [0.5, 0.6) is 5.75 Å². The number of likely N-dealkylation sites (N-methyl/N-ethyl adjacent to an activating group) is 1. The lowest BCUT2D eigenvalue weighted by Gasteiger charge is -2.13. The number of hydrogen-bond donors (Lipinski definition) is 0. The van der Waals surface area contributed by atoms with Crippen LogP contribution in [0.1, 0.15) is 12.6 Å². The van der Waals surface area contributed by atoms with E-state index in [2.05, 4.69) is 38.7 Å². The fourth-order valence-corrected chi connectivity index (χ4v) is 4.31.